The van der Waals surface area contributed by atoms with E-state index in [2.05, 4.69) is 20.9 Å². The molecule has 1 aromatic carbocycles. The van der Waals surface area contributed by atoms with Crippen molar-refractivity contribution in [3.05, 3.63) is 40.1 Å². The summed E-state index contributed by atoms with van der Waals surface area (Å²) in [7, 11) is 1.42. The molecule has 10 nitrogen and oxygen atoms in total. The lowest BCUT2D eigenvalue weighted by Gasteiger charge is -2.27. The molecule has 2 rings (SSSR count). The average molecular weight is 374 g/mol. The molecular formula is C17H22N6O4. The number of amides is 1. The Morgan fingerprint density at radius 2 is 2.22 bits per heavy atom. The number of carbonyl (C=O) groups is 1. The number of rotatable bonds is 8. The predicted octanol–water partition coefficient (Wildman–Crippen LogP) is 0.444. The van der Waals surface area contributed by atoms with E-state index in [-0.39, 0.29) is 16.9 Å². The fourth-order valence-electron chi connectivity index (χ4n) is 2.58. The Morgan fingerprint density at radius 3 is 2.85 bits per heavy atom. The number of hydrogen-bond donors (Lipinski definition) is 3. The molecule has 1 amide bonds. The second kappa shape index (κ2) is 10.1. The van der Waals surface area contributed by atoms with Gasteiger partial charge in [-0.25, -0.2) is 0 Å². The molecule has 1 aromatic rings. The van der Waals surface area contributed by atoms with Crippen molar-refractivity contribution in [2.45, 2.75) is 0 Å². The topological polar surface area (TPSA) is 133 Å². The predicted molar refractivity (Wildman–Crippen MR) is 99.3 cm³/mol. The summed E-state index contributed by atoms with van der Waals surface area (Å²) in [6.07, 6.45) is 1.21. The molecule has 0 aromatic heterocycles. The second-order valence-corrected chi connectivity index (χ2v) is 5.80. The first-order chi connectivity index (χ1) is 13.0. The Hall–Kier alpha value is -3.16. The first-order valence-electron chi connectivity index (χ1n) is 8.45. The number of piperazine rings is 1. The van der Waals surface area contributed by atoms with Gasteiger partial charge in [-0.3, -0.25) is 19.8 Å². The van der Waals surface area contributed by atoms with Gasteiger partial charge in [0, 0.05) is 57.6 Å². The highest BCUT2D eigenvalue weighted by Gasteiger charge is 2.14. The lowest BCUT2D eigenvalue weighted by Crippen LogP contribution is -2.46. The molecular weight excluding hydrogens is 352 g/mol. The van der Waals surface area contributed by atoms with Crippen LogP contribution in [0.15, 0.2) is 30.0 Å². The summed E-state index contributed by atoms with van der Waals surface area (Å²) >= 11 is 0. The van der Waals surface area contributed by atoms with Gasteiger partial charge in [0.1, 0.15) is 17.4 Å². The van der Waals surface area contributed by atoms with Crippen molar-refractivity contribution in [2.75, 3.05) is 51.7 Å². The minimum atomic E-state index is -0.539. The molecule has 1 fully saturated rings. The number of nitriles is 1. The Bertz CT molecular complexity index is 752. The van der Waals surface area contributed by atoms with Crippen molar-refractivity contribution >= 4 is 17.3 Å². The van der Waals surface area contributed by atoms with Gasteiger partial charge in [0.15, 0.2) is 0 Å². The van der Waals surface area contributed by atoms with Gasteiger partial charge in [-0.15, -0.1) is 0 Å². The number of nitrogens with zero attached hydrogens (tertiary/aromatic N) is 3. The number of anilines is 1. The highest BCUT2D eigenvalue weighted by Crippen LogP contribution is 2.28. The maximum Gasteiger partial charge on any atom is 0.271 e. The fraction of sp³-hybridized carbons (Fsp3) is 0.412. The molecule has 27 heavy (non-hydrogen) atoms. The van der Waals surface area contributed by atoms with Gasteiger partial charge in [-0.2, -0.15) is 5.26 Å². The normalized spacial score (nSPS) is 14.9. The van der Waals surface area contributed by atoms with Gasteiger partial charge in [-0.1, -0.05) is 0 Å². The van der Waals surface area contributed by atoms with E-state index in [1.54, 1.807) is 0 Å². The standard InChI is InChI=1S/C17H22N6O4/c1-27-16-3-2-14(23(25)26)10-15(16)21-12-13(11-18)17(24)20-6-9-22-7-4-19-5-8-22/h2-3,10,12,19,21H,4-9H2,1H3,(H,20,24)/b13-12-. The van der Waals surface area contributed by atoms with E-state index in [1.165, 1.54) is 31.5 Å². The van der Waals surface area contributed by atoms with Crippen molar-refractivity contribution in [1.29, 1.82) is 5.26 Å². The number of hydrogen-bond acceptors (Lipinski definition) is 8. The number of methoxy groups -OCH3 is 1. The molecule has 1 aliphatic rings. The maximum absolute atomic E-state index is 12.2. The molecule has 0 aliphatic carbocycles. The van der Waals surface area contributed by atoms with Crippen molar-refractivity contribution in [3.8, 4) is 11.8 Å². The Balaban J connectivity index is 1.96. The van der Waals surface area contributed by atoms with Gasteiger partial charge >= 0.3 is 0 Å². The average Bonchev–Trinajstić information content (AvgIpc) is 2.69. The number of nitro benzene ring substituents is 1. The monoisotopic (exact) mass is 374 g/mol. The van der Waals surface area contributed by atoms with Crippen LogP contribution < -0.4 is 20.7 Å². The van der Waals surface area contributed by atoms with Crippen molar-refractivity contribution in [3.63, 3.8) is 0 Å². The zero-order chi connectivity index (χ0) is 19.6. The Labute approximate surface area is 156 Å². The van der Waals surface area contributed by atoms with Crippen LogP contribution >= 0.6 is 0 Å². The summed E-state index contributed by atoms with van der Waals surface area (Å²) in [5.74, 6) is -0.155. The van der Waals surface area contributed by atoms with Gasteiger partial charge in [0.05, 0.1) is 17.7 Å². The smallest absolute Gasteiger partial charge is 0.271 e. The number of ether oxygens (including phenoxy) is 1. The van der Waals surface area contributed by atoms with E-state index < -0.39 is 10.8 Å². The molecule has 0 unspecified atom stereocenters. The van der Waals surface area contributed by atoms with Crippen LogP contribution in [0.4, 0.5) is 11.4 Å². The molecule has 0 saturated carbocycles. The molecule has 0 atom stereocenters. The number of non-ortho nitro benzene ring substituents is 1. The number of nitrogens with one attached hydrogen (secondary N) is 3. The molecule has 10 heteroatoms. The lowest BCUT2D eigenvalue weighted by molar-refractivity contribution is -0.384. The molecule has 0 spiro atoms. The zero-order valence-electron chi connectivity index (χ0n) is 15.0. The van der Waals surface area contributed by atoms with Crippen LogP contribution in [0.1, 0.15) is 0 Å². The third kappa shape index (κ3) is 5.95. The van der Waals surface area contributed by atoms with Crippen molar-refractivity contribution < 1.29 is 14.5 Å². The summed E-state index contributed by atoms with van der Waals surface area (Å²) in [4.78, 5) is 24.7. The lowest BCUT2D eigenvalue weighted by atomic mass is 10.2. The molecule has 3 N–H and O–H groups in total. The van der Waals surface area contributed by atoms with Crippen LogP contribution in [0.25, 0.3) is 0 Å². The van der Waals surface area contributed by atoms with E-state index in [0.717, 1.165) is 26.2 Å². The van der Waals surface area contributed by atoms with Crippen LogP contribution in [0.2, 0.25) is 0 Å². The first kappa shape index (κ1) is 20.2. The quantitative estimate of drug-likeness (QED) is 0.258. The largest absolute Gasteiger partial charge is 0.495 e. The zero-order valence-corrected chi connectivity index (χ0v) is 15.0. The molecule has 1 heterocycles. The highest BCUT2D eigenvalue weighted by atomic mass is 16.6. The van der Waals surface area contributed by atoms with Crippen LogP contribution in [0, 0.1) is 21.4 Å². The summed E-state index contributed by atoms with van der Waals surface area (Å²) in [6, 6.07) is 5.84. The van der Waals surface area contributed by atoms with Crippen LogP contribution in [0.3, 0.4) is 0 Å². The Kier molecular flexibility index (Phi) is 7.54. The van der Waals surface area contributed by atoms with Crippen LogP contribution in [-0.4, -0.2) is 62.1 Å². The molecule has 0 bridgehead atoms. The fourth-order valence-corrected chi connectivity index (χ4v) is 2.58. The van der Waals surface area contributed by atoms with Gasteiger partial charge in [-0.05, 0) is 6.07 Å². The molecule has 0 radical (unpaired) electrons. The molecule has 1 saturated heterocycles. The summed E-state index contributed by atoms with van der Waals surface area (Å²) in [6.45, 7) is 4.82. The maximum atomic E-state index is 12.2. The number of carbonyl (C=O) groups excluding carboxylic acids is 1. The molecule has 144 valence electrons. The third-order valence-electron chi connectivity index (χ3n) is 4.05. The van der Waals surface area contributed by atoms with Gasteiger partial charge < -0.3 is 20.7 Å². The first-order valence-corrected chi connectivity index (χ1v) is 8.45. The summed E-state index contributed by atoms with van der Waals surface area (Å²) in [5.41, 5.74) is 0.0163. The summed E-state index contributed by atoms with van der Waals surface area (Å²) < 4.78 is 5.13. The van der Waals surface area contributed by atoms with E-state index in [1.807, 2.05) is 6.07 Å². The van der Waals surface area contributed by atoms with Crippen molar-refractivity contribution in [1.82, 2.24) is 15.5 Å². The minimum absolute atomic E-state index is 0.134. The van der Waals surface area contributed by atoms with E-state index in [4.69, 9.17) is 4.74 Å². The van der Waals surface area contributed by atoms with E-state index >= 15 is 0 Å². The molecule has 1 aliphatic heterocycles. The Morgan fingerprint density at radius 1 is 1.48 bits per heavy atom. The minimum Gasteiger partial charge on any atom is -0.495 e. The van der Waals surface area contributed by atoms with Crippen molar-refractivity contribution in [2.24, 2.45) is 0 Å². The highest BCUT2D eigenvalue weighted by molar-refractivity contribution is 5.97. The van der Waals surface area contributed by atoms with Gasteiger partial charge in [0.2, 0.25) is 0 Å². The second-order valence-electron chi connectivity index (χ2n) is 5.80. The van der Waals surface area contributed by atoms with Crippen LogP contribution in [-0.2, 0) is 4.79 Å². The van der Waals surface area contributed by atoms with E-state index in [9.17, 15) is 20.2 Å². The van der Waals surface area contributed by atoms with Gasteiger partial charge in [0.25, 0.3) is 11.6 Å². The SMILES string of the molecule is COc1ccc([N+](=O)[O-])cc1N/C=C(/C#N)C(=O)NCCN1CCNCC1. The number of nitro groups is 1. The third-order valence-corrected chi connectivity index (χ3v) is 4.05. The van der Waals surface area contributed by atoms with E-state index in [0.29, 0.717) is 18.8 Å². The van der Waals surface area contributed by atoms with Crippen LogP contribution in [0.5, 0.6) is 5.75 Å². The number of benzene rings is 1. The summed E-state index contributed by atoms with van der Waals surface area (Å²) in [5, 5.41) is 28.8.